The van der Waals surface area contributed by atoms with Gasteiger partial charge in [-0.1, -0.05) is 109 Å². The molecule has 0 fully saturated rings. The third kappa shape index (κ3) is 10.5. The number of aliphatic imine (C=N–C) groups is 1. The highest BCUT2D eigenvalue weighted by Crippen LogP contribution is 2.36. The number of amides is 3. The van der Waals surface area contributed by atoms with Crippen LogP contribution >= 0.6 is 34.4 Å². The number of benzene rings is 4. The highest BCUT2D eigenvalue weighted by atomic mass is 127. The number of allylic oxidation sites excluding steroid dienone is 4. The summed E-state index contributed by atoms with van der Waals surface area (Å²) in [5.74, 6) is -1.96. The maximum absolute atomic E-state index is 14.2. The molecule has 3 amide bonds. The Morgan fingerprint density at radius 2 is 1.64 bits per heavy atom. The van der Waals surface area contributed by atoms with Gasteiger partial charge in [0.25, 0.3) is 11.8 Å². The number of ether oxygens (including phenoxy) is 2. The number of hydrogen-bond acceptors (Lipinski definition) is 7. The van der Waals surface area contributed by atoms with Crippen LogP contribution in [-0.2, 0) is 21.0 Å². The lowest BCUT2D eigenvalue weighted by Gasteiger charge is -2.28. The first-order valence-corrected chi connectivity index (χ1v) is 19.3. The standard InChI is InChI=1S/C43H38IN3O7S/c1-4-7-18-33(5-2)47-41(50)34(23-29-24-35(44)39(36(25-29)53-6-3)54-26-28-19-21-32(22-20-28)42(51)52)40(49)46-43(47)55-27-37(48)45-38(30-14-10-8-11-15-30)31-16-12-9-13-17-31/h4-5,7-25,38H,1,6,26-27H2,2-3H3,(H,45,48)(H,51,52)/b18-7-,33-5+,34-23+. The van der Waals surface area contributed by atoms with Gasteiger partial charge in [-0.05, 0) is 95.1 Å². The van der Waals surface area contributed by atoms with E-state index < -0.39 is 23.8 Å². The molecule has 0 aromatic heterocycles. The Kier molecular flexibility index (Phi) is 14.4. The Balaban J connectivity index is 1.41. The summed E-state index contributed by atoms with van der Waals surface area (Å²) in [6.45, 7) is 7.79. The Hall–Kier alpha value is -5.73. The van der Waals surface area contributed by atoms with Crippen LogP contribution in [0, 0.1) is 3.57 Å². The minimum Gasteiger partial charge on any atom is -0.490 e. The van der Waals surface area contributed by atoms with Crippen LogP contribution < -0.4 is 14.8 Å². The number of carboxylic acids is 1. The second-order valence-corrected chi connectivity index (χ2v) is 14.0. The first-order valence-electron chi connectivity index (χ1n) is 17.2. The van der Waals surface area contributed by atoms with Crippen molar-refractivity contribution in [2.45, 2.75) is 26.5 Å². The van der Waals surface area contributed by atoms with Crippen LogP contribution in [0.1, 0.15) is 52.5 Å². The molecule has 2 N–H and O–H groups in total. The summed E-state index contributed by atoms with van der Waals surface area (Å²) in [4.78, 5) is 58.2. The normalized spacial score (nSPS) is 14.0. The number of hydrogen-bond donors (Lipinski definition) is 2. The summed E-state index contributed by atoms with van der Waals surface area (Å²) >= 11 is 3.08. The van der Waals surface area contributed by atoms with Crippen molar-refractivity contribution in [1.82, 2.24) is 10.2 Å². The van der Waals surface area contributed by atoms with Gasteiger partial charge in [0, 0.05) is 5.70 Å². The zero-order chi connectivity index (χ0) is 39.3. The minimum atomic E-state index is -1.02. The number of aromatic carboxylic acids is 1. The number of thioether (sulfide) groups is 1. The van der Waals surface area contributed by atoms with Gasteiger partial charge in [0.2, 0.25) is 5.91 Å². The zero-order valence-corrected chi connectivity index (χ0v) is 33.1. The smallest absolute Gasteiger partial charge is 0.335 e. The van der Waals surface area contributed by atoms with Gasteiger partial charge in [0.15, 0.2) is 16.7 Å². The summed E-state index contributed by atoms with van der Waals surface area (Å²) in [5.41, 5.74) is 3.50. The molecule has 1 heterocycles. The molecule has 0 saturated heterocycles. The third-order valence-corrected chi connectivity index (χ3v) is 9.88. The number of amidine groups is 1. The quantitative estimate of drug-likeness (QED) is 0.0527. The van der Waals surface area contributed by atoms with Gasteiger partial charge < -0.3 is 19.9 Å². The van der Waals surface area contributed by atoms with Gasteiger partial charge in [-0.15, -0.1) is 0 Å². The highest BCUT2D eigenvalue weighted by Gasteiger charge is 2.35. The van der Waals surface area contributed by atoms with Crippen molar-refractivity contribution in [3.05, 3.63) is 171 Å². The molecule has 4 aromatic rings. The van der Waals surface area contributed by atoms with Crippen LogP contribution in [0.2, 0.25) is 0 Å². The molecule has 4 aromatic carbocycles. The number of nitrogens with zero attached hydrogens (tertiary/aromatic N) is 2. The molecule has 0 aliphatic carbocycles. The number of halogens is 1. The molecule has 0 bridgehead atoms. The predicted octanol–water partition coefficient (Wildman–Crippen LogP) is 8.36. The molecule has 5 rings (SSSR count). The number of carbonyl (C=O) groups is 4. The Labute approximate surface area is 337 Å². The molecule has 0 radical (unpaired) electrons. The molecule has 1 aliphatic rings. The van der Waals surface area contributed by atoms with Crippen LogP contribution in [0.4, 0.5) is 0 Å². The van der Waals surface area contributed by atoms with E-state index in [1.165, 1.54) is 23.1 Å². The molecule has 55 heavy (non-hydrogen) atoms. The summed E-state index contributed by atoms with van der Waals surface area (Å²) < 4.78 is 12.7. The average molecular weight is 868 g/mol. The Bertz CT molecular complexity index is 2140. The number of carboxylic acid groups (broad SMARTS) is 1. The van der Waals surface area contributed by atoms with Gasteiger partial charge in [-0.25, -0.2) is 4.79 Å². The maximum Gasteiger partial charge on any atom is 0.335 e. The lowest BCUT2D eigenvalue weighted by atomic mass is 9.99. The van der Waals surface area contributed by atoms with E-state index in [0.29, 0.717) is 32.9 Å². The van der Waals surface area contributed by atoms with E-state index in [1.807, 2.05) is 67.6 Å². The second kappa shape index (κ2) is 19.6. The molecule has 10 nitrogen and oxygen atoms in total. The second-order valence-electron chi connectivity index (χ2n) is 11.9. The molecule has 0 spiro atoms. The Morgan fingerprint density at radius 3 is 2.22 bits per heavy atom. The number of nitrogens with one attached hydrogen (secondary N) is 1. The summed E-state index contributed by atoms with van der Waals surface area (Å²) in [7, 11) is 0. The van der Waals surface area contributed by atoms with Gasteiger partial charge in [-0.2, -0.15) is 4.99 Å². The lowest BCUT2D eigenvalue weighted by molar-refractivity contribution is -0.126. The first kappa shape index (κ1) is 40.5. The zero-order valence-electron chi connectivity index (χ0n) is 30.1. The van der Waals surface area contributed by atoms with E-state index in [2.05, 4.69) is 39.5 Å². The fraction of sp³-hybridized carbons (Fsp3) is 0.140. The van der Waals surface area contributed by atoms with E-state index in [9.17, 15) is 24.3 Å². The van der Waals surface area contributed by atoms with E-state index >= 15 is 0 Å². The predicted molar refractivity (Wildman–Crippen MR) is 224 cm³/mol. The monoisotopic (exact) mass is 867 g/mol. The third-order valence-electron chi connectivity index (χ3n) is 8.14. The van der Waals surface area contributed by atoms with Gasteiger partial charge in [0.1, 0.15) is 12.2 Å². The topological polar surface area (TPSA) is 135 Å². The van der Waals surface area contributed by atoms with Crippen LogP contribution in [0.25, 0.3) is 6.08 Å². The maximum atomic E-state index is 14.2. The van der Waals surface area contributed by atoms with Crippen LogP contribution in [0.3, 0.4) is 0 Å². The van der Waals surface area contributed by atoms with Crippen LogP contribution in [0.5, 0.6) is 11.5 Å². The van der Waals surface area contributed by atoms with Gasteiger partial charge in [0.05, 0.1) is 27.5 Å². The molecule has 0 unspecified atom stereocenters. The van der Waals surface area contributed by atoms with Crippen LogP contribution in [0.15, 0.2) is 144 Å². The van der Waals surface area contributed by atoms with E-state index in [4.69, 9.17) is 9.47 Å². The van der Waals surface area contributed by atoms with Crippen molar-refractivity contribution in [1.29, 1.82) is 0 Å². The minimum absolute atomic E-state index is 0.0600. The number of rotatable bonds is 15. The fourth-order valence-electron chi connectivity index (χ4n) is 5.53. The van der Waals surface area contributed by atoms with Gasteiger partial charge in [-0.3, -0.25) is 19.3 Å². The van der Waals surface area contributed by atoms with Crippen molar-refractivity contribution >= 4 is 69.3 Å². The molecule has 0 atom stereocenters. The fourth-order valence-corrected chi connectivity index (χ4v) is 7.12. The van der Waals surface area contributed by atoms with E-state index in [-0.39, 0.29) is 34.6 Å². The SMILES string of the molecule is C=C/C=C\C(=C/C)N1C(=O)/C(=C/c2cc(I)c(OCc3ccc(C(=O)O)cc3)c(OCC)c2)C(=O)N=C1SCC(=O)NC(c1ccccc1)c1ccccc1. The van der Waals surface area contributed by atoms with Crippen molar-refractivity contribution in [3.8, 4) is 11.5 Å². The van der Waals surface area contributed by atoms with Gasteiger partial charge >= 0.3 is 5.97 Å². The van der Waals surface area contributed by atoms with E-state index in [1.54, 1.807) is 55.5 Å². The number of carbonyl (C=O) groups excluding carboxylic acids is 3. The largest absolute Gasteiger partial charge is 0.490 e. The van der Waals surface area contributed by atoms with Crippen molar-refractivity contribution in [2.24, 2.45) is 4.99 Å². The molecular weight excluding hydrogens is 829 g/mol. The van der Waals surface area contributed by atoms with Crippen molar-refractivity contribution in [3.63, 3.8) is 0 Å². The lowest BCUT2D eigenvalue weighted by Crippen LogP contribution is -2.42. The molecular formula is C43H38IN3O7S. The van der Waals surface area contributed by atoms with Crippen molar-refractivity contribution in [2.75, 3.05) is 12.4 Å². The summed E-state index contributed by atoms with van der Waals surface area (Å²) in [6, 6.07) is 28.6. The molecule has 280 valence electrons. The van der Waals surface area contributed by atoms with Crippen molar-refractivity contribution < 1.29 is 33.8 Å². The first-order chi connectivity index (χ1) is 26.6. The highest BCUT2D eigenvalue weighted by molar-refractivity contribution is 14.1. The summed E-state index contributed by atoms with van der Waals surface area (Å²) in [6.07, 6.45) is 8.07. The van der Waals surface area contributed by atoms with Crippen LogP contribution in [-0.4, -0.2) is 51.2 Å². The average Bonchev–Trinajstić information content (AvgIpc) is 3.19. The van der Waals surface area contributed by atoms with E-state index in [0.717, 1.165) is 28.5 Å². The molecule has 0 saturated carbocycles. The molecule has 1 aliphatic heterocycles. The molecule has 12 heteroatoms. The summed E-state index contributed by atoms with van der Waals surface area (Å²) in [5, 5.41) is 12.4. The Morgan fingerprint density at radius 1 is 0.982 bits per heavy atom.